The van der Waals surface area contributed by atoms with E-state index in [1.54, 1.807) is 6.21 Å². The Kier molecular flexibility index (Phi) is 3.51. The van der Waals surface area contributed by atoms with Crippen LogP contribution in [0.2, 0.25) is 0 Å². The molecule has 0 radical (unpaired) electrons. The van der Waals surface area contributed by atoms with Gasteiger partial charge in [0.1, 0.15) is 0 Å². The van der Waals surface area contributed by atoms with Gasteiger partial charge in [-0.05, 0) is 12.5 Å². The third-order valence-electron chi connectivity index (χ3n) is 3.15. The summed E-state index contributed by atoms with van der Waals surface area (Å²) in [4.78, 5) is 21.5. The van der Waals surface area contributed by atoms with Gasteiger partial charge in [-0.2, -0.15) is 5.10 Å². The minimum Gasteiger partial charge on any atom is -0.361 e. The van der Waals surface area contributed by atoms with Crippen LogP contribution in [0.5, 0.6) is 0 Å². The van der Waals surface area contributed by atoms with Gasteiger partial charge < -0.3 is 4.98 Å². The summed E-state index contributed by atoms with van der Waals surface area (Å²) in [7, 11) is 0. The van der Waals surface area contributed by atoms with Crippen molar-refractivity contribution in [2.75, 3.05) is 5.43 Å². The van der Waals surface area contributed by atoms with Crippen molar-refractivity contribution < 1.29 is 0 Å². The molecule has 0 aliphatic heterocycles. The summed E-state index contributed by atoms with van der Waals surface area (Å²) in [6.07, 6.45) is 4.27. The molecule has 0 unspecified atom stereocenters. The third kappa shape index (κ3) is 2.84. The number of aromatic amines is 2. The van der Waals surface area contributed by atoms with Crippen molar-refractivity contribution in [2.24, 2.45) is 5.10 Å². The zero-order valence-electron chi connectivity index (χ0n) is 11.6. The second kappa shape index (κ2) is 5.62. The highest BCUT2D eigenvalue weighted by Crippen LogP contribution is 2.15. The number of hydrogen-bond acceptors (Lipinski definition) is 4. The Morgan fingerprint density at radius 1 is 1.38 bits per heavy atom. The molecular weight excluding hydrogens is 266 g/mol. The minimum atomic E-state index is -0.188. The van der Waals surface area contributed by atoms with Gasteiger partial charge in [-0.3, -0.25) is 9.78 Å². The number of aryl methyl sites for hydroxylation is 1. The zero-order valence-corrected chi connectivity index (χ0v) is 11.6. The average Bonchev–Trinajstić information content (AvgIpc) is 2.90. The maximum absolute atomic E-state index is 11.4. The molecule has 21 heavy (non-hydrogen) atoms. The Balaban J connectivity index is 1.81. The van der Waals surface area contributed by atoms with Crippen molar-refractivity contribution in [1.29, 1.82) is 0 Å². The Hall–Kier alpha value is -2.89. The molecule has 3 N–H and O–H groups in total. The van der Waals surface area contributed by atoms with Crippen LogP contribution in [0.3, 0.4) is 0 Å². The van der Waals surface area contributed by atoms with E-state index in [9.17, 15) is 4.79 Å². The van der Waals surface area contributed by atoms with Crippen LogP contribution in [0.1, 0.15) is 18.2 Å². The highest BCUT2D eigenvalue weighted by atomic mass is 16.1. The van der Waals surface area contributed by atoms with Crippen molar-refractivity contribution >= 4 is 23.1 Å². The lowest BCUT2D eigenvalue weighted by Gasteiger charge is -2.00. The summed E-state index contributed by atoms with van der Waals surface area (Å²) in [5, 5.41) is 5.21. The topological polar surface area (TPSA) is 85.9 Å². The molecule has 0 aliphatic carbocycles. The molecule has 6 nitrogen and oxygen atoms in total. The van der Waals surface area contributed by atoms with Gasteiger partial charge in [0.05, 0.1) is 6.21 Å². The molecule has 0 spiro atoms. The van der Waals surface area contributed by atoms with E-state index >= 15 is 0 Å². The van der Waals surface area contributed by atoms with Crippen molar-refractivity contribution in [3.05, 3.63) is 58.1 Å². The SMILES string of the molecule is CCc1cc(=O)[nH]c(N/N=C\c2c[nH]c3ccccc23)n1. The smallest absolute Gasteiger partial charge is 0.252 e. The van der Waals surface area contributed by atoms with Gasteiger partial charge in [-0.25, -0.2) is 10.4 Å². The molecule has 6 heteroatoms. The fourth-order valence-corrected chi connectivity index (χ4v) is 2.11. The average molecular weight is 281 g/mol. The molecule has 2 aromatic heterocycles. The molecule has 0 aliphatic rings. The molecule has 0 bridgehead atoms. The van der Waals surface area contributed by atoms with Gasteiger partial charge in [0.25, 0.3) is 5.56 Å². The summed E-state index contributed by atoms with van der Waals surface area (Å²) in [5.74, 6) is 0.343. The highest BCUT2D eigenvalue weighted by Gasteiger charge is 2.00. The van der Waals surface area contributed by atoms with Crippen LogP contribution in [0.4, 0.5) is 5.95 Å². The molecule has 0 fully saturated rings. The number of anilines is 1. The van der Waals surface area contributed by atoms with Gasteiger partial charge in [-0.1, -0.05) is 25.1 Å². The fraction of sp³-hybridized carbons (Fsp3) is 0.133. The second-order valence-corrected chi connectivity index (χ2v) is 4.60. The summed E-state index contributed by atoms with van der Waals surface area (Å²) < 4.78 is 0. The minimum absolute atomic E-state index is 0.188. The highest BCUT2D eigenvalue weighted by molar-refractivity contribution is 5.99. The molecule has 106 valence electrons. The predicted molar refractivity (Wildman–Crippen MR) is 83.8 cm³/mol. The number of nitrogens with zero attached hydrogens (tertiary/aromatic N) is 2. The number of benzene rings is 1. The fourth-order valence-electron chi connectivity index (χ4n) is 2.11. The first-order valence-corrected chi connectivity index (χ1v) is 6.71. The summed E-state index contributed by atoms with van der Waals surface area (Å²) >= 11 is 0. The number of aromatic nitrogens is 3. The monoisotopic (exact) mass is 281 g/mol. The Bertz CT molecular complexity index is 846. The molecular formula is C15H15N5O. The molecule has 2 heterocycles. The van der Waals surface area contributed by atoms with E-state index in [1.165, 1.54) is 6.07 Å². The Morgan fingerprint density at radius 3 is 3.10 bits per heavy atom. The Labute approximate surface area is 120 Å². The molecule has 3 aromatic rings. The van der Waals surface area contributed by atoms with E-state index in [1.807, 2.05) is 37.4 Å². The molecule has 0 atom stereocenters. The van der Waals surface area contributed by atoms with Crippen molar-refractivity contribution in [2.45, 2.75) is 13.3 Å². The number of nitrogens with one attached hydrogen (secondary N) is 3. The Morgan fingerprint density at radius 2 is 2.24 bits per heavy atom. The van der Waals surface area contributed by atoms with Crippen LogP contribution >= 0.6 is 0 Å². The van der Waals surface area contributed by atoms with Crippen LogP contribution in [0, 0.1) is 0 Å². The van der Waals surface area contributed by atoms with E-state index in [2.05, 4.69) is 25.5 Å². The molecule has 0 saturated heterocycles. The summed E-state index contributed by atoms with van der Waals surface area (Å²) in [6.45, 7) is 1.95. The van der Waals surface area contributed by atoms with Gasteiger partial charge in [0, 0.05) is 34.4 Å². The predicted octanol–water partition coefficient (Wildman–Crippen LogP) is 2.26. The standard InChI is InChI=1S/C15H15N5O/c1-2-11-7-14(21)19-15(18-11)20-17-9-10-8-16-13-6-4-3-5-12(10)13/h3-9,16H,2H2,1H3,(H2,18,19,20,21)/b17-9-. The van der Waals surface area contributed by atoms with Gasteiger partial charge in [-0.15, -0.1) is 0 Å². The maximum Gasteiger partial charge on any atom is 0.252 e. The van der Waals surface area contributed by atoms with Gasteiger partial charge in [0.15, 0.2) is 0 Å². The lowest BCUT2D eigenvalue weighted by Crippen LogP contribution is -2.11. The largest absolute Gasteiger partial charge is 0.361 e. The third-order valence-corrected chi connectivity index (χ3v) is 3.15. The molecule has 0 saturated carbocycles. The van der Waals surface area contributed by atoms with Crippen LogP contribution in [-0.4, -0.2) is 21.2 Å². The summed E-state index contributed by atoms with van der Waals surface area (Å²) in [6, 6.07) is 9.46. The van der Waals surface area contributed by atoms with E-state index in [4.69, 9.17) is 0 Å². The summed E-state index contributed by atoms with van der Waals surface area (Å²) in [5.41, 5.74) is 5.31. The van der Waals surface area contributed by atoms with Crippen molar-refractivity contribution in [3.63, 3.8) is 0 Å². The van der Waals surface area contributed by atoms with Gasteiger partial charge in [0.2, 0.25) is 5.95 Å². The zero-order chi connectivity index (χ0) is 14.7. The van der Waals surface area contributed by atoms with Crippen LogP contribution in [-0.2, 0) is 6.42 Å². The first kappa shape index (κ1) is 13.1. The lowest BCUT2D eigenvalue weighted by molar-refractivity contribution is 0.974. The van der Waals surface area contributed by atoms with Crippen LogP contribution < -0.4 is 11.0 Å². The number of rotatable bonds is 4. The normalized spacial score (nSPS) is 11.3. The van der Waals surface area contributed by atoms with E-state index in [0.29, 0.717) is 12.4 Å². The first-order chi connectivity index (χ1) is 10.3. The lowest BCUT2D eigenvalue weighted by atomic mass is 10.2. The number of para-hydroxylation sites is 1. The van der Waals surface area contributed by atoms with Crippen LogP contribution in [0.25, 0.3) is 10.9 Å². The van der Waals surface area contributed by atoms with Crippen molar-refractivity contribution in [3.8, 4) is 0 Å². The second-order valence-electron chi connectivity index (χ2n) is 4.60. The first-order valence-electron chi connectivity index (χ1n) is 6.71. The number of fused-ring (bicyclic) bond motifs is 1. The molecule has 1 aromatic carbocycles. The number of H-pyrrole nitrogens is 2. The van der Waals surface area contributed by atoms with E-state index < -0.39 is 0 Å². The molecule has 0 amide bonds. The number of hydrogen-bond donors (Lipinski definition) is 3. The van der Waals surface area contributed by atoms with Gasteiger partial charge >= 0.3 is 0 Å². The van der Waals surface area contributed by atoms with E-state index in [-0.39, 0.29) is 5.56 Å². The quantitative estimate of drug-likeness (QED) is 0.506. The van der Waals surface area contributed by atoms with Crippen molar-refractivity contribution in [1.82, 2.24) is 15.0 Å². The molecule has 3 rings (SSSR count). The maximum atomic E-state index is 11.4. The number of hydrazone groups is 1. The van der Waals surface area contributed by atoms with E-state index in [0.717, 1.165) is 22.2 Å². The van der Waals surface area contributed by atoms with Crippen LogP contribution in [0.15, 0.2) is 46.4 Å².